The van der Waals surface area contributed by atoms with Crippen molar-refractivity contribution in [3.8, 4) is 0 Å². The van der Waals surface area contributed by atoms with Gasteiger partial charge in [-0.3, -0.25) is 14.8 Å². The number of nitrogens with one attached hydrogen (secondary N) is 1. The third kappa shape index (κ3) is 4.95. The van der Waals surface area contributed by atoms with E-state index in [1.165, 1.54) is 0 Å². The Bertz CT molecular complexity index is 786. The molecule has 1 fully saturated rings. The lowest BCUT2D eigenvalue weighted by Gasteiger charge is -2.39. The van der Waals surface area contributed by atoms with Gasteiger partial charge in [0.05, 0.1) is 17.2 Å². The highest BCUT2D eigenvalue weighted by Crippen LogP contribution is 2.30. The average Bonchev–Trinajstić information content (AvgIpc) is 2.72. The standard InChI is InChI=1S/C20H30N6O2/c21-8-2-1-3-16(22)19(27)25-14-20(28)6-11-26(12-7-20)18-5-10-24-17-4-9-23-13-15(17)18/h4-5,9-10,13,16,28H,1-3,6-8,11-12,14,21-22H2,(H,25,27)/t16-/m0/s1. The zero-order chi connectivity index (χ0) is 20.0. The monoisotopic (exact) mass is 386 g/mol. The number of hydrogen-bond acceptors (Lipinski definition) is 7. The summed E-state index contributed by atoms with van der Waals surface area (Å²) in [6.45, 7) is 2.22. The van der Waals surface area contributed by atoms with E-state index in [2.05, 4.69) is 20.2 Å². The lowest BCUT2D eigenvalue weighted by Crippen LogP contribution is -2.53. The minimum absolute atomic E-state index is 0.209. The van der Waals surface area contributed by atoms with Gasteiger partial charge >= 0.3 is 0 Å². The van der Waals surface area contributed by atoms with Gasteiger partial charge in [-0.05, 0) is 44.4 Å². The van der Waals surface area contributed by atoms with Crippen LogP contribution in [0.25, 0.3) is 10.9 Å². The highest BCUT2D eigenvalue weighted by molar-refractivity contribution is 5.90. The highest BCUT2D eigenvalue weighted by atomic mass is 16.3. The summed E-state index contributed by atoms with van der Waals surface area (Å²) in [7, 11) is 0. The molecule has 3 heterocycles. The maximum absolute atomic E-state index is 12.2. The number of unbranched alkanes of at least 4 members (excludes halogenated alkanes) is 1. The Labute approximate surface area is 165 Å². The van der Waals surface area contributed by atoms with Crippen molar-refractivity contribution in [2.45, 2.75) is 43.7 Å². The molecule has 8 heteroatoms. The fourth-order valence-electron chi connectivity index (χ4n) is 3.61. The number of rotatable bonds is 8. The molecule has 1 atom stereocenters. The van der Waals surface area contributed by atoms with E-state index in [9.17, 15) is 9.90 Å². The predicted molar refractivity (Wildman–Crippen MR) is 110 cm³/mol. The largest absolute Gasteiger partial charge is 0.388 e. The second-order valence-corrected chi connectivity index (χ2v) is 7.54. The van der Waals surface area contributed by atoms with Crippen molar-refractivity contribution in [1.29, 1.82) is 0 Å². The molecule has 28 heavy (non-hydrogen) atoms. The SMILES string of the molecule is NCCCC[C@H](N)C(=O)NCC1(O)CCN(c2ccnc3ccncc23)CC1. The van der Waals surface area contributed by atoms with Gasteiger partial charge in [0.25, 0.3) is 0 Å². The first kappa shape index (κ1) is 20.4. The molecule has 0 radical (unpaired) electrons. The number of piperidine rings is 1. The van der Waals surface area contributed by atoms with E-state index in [1.807, 2.05) is 18.3 Å². The quantitative estimate of drug-likeness (QED) is 0.487. The van der Waals surface area contributed by atoms with Gasteiger partial charge in [0.1, 0.15) is 0 Å². The summed E-state index contributed by atoms with van der Waals surface area (Å²) < 4.78 is 0. The molecule has 2 aromatic rings. The Morgan fingerprint density at radius 2 is 2.07 bits per heavy atom. The molecule has 0 saturated carbocycles. The number of aliphatic hydroxyl groups is 1. The highest BCUT2D eigenvalue weighted by Gasteiger charge is 2.33. The zero-order valence-corrected chi connectivity index (χ0v) is 16.2. The Hall–Kier alpha value is -2.29. The molecule has 1 aliphatic heterocycles. The maximum Gasteiger partial charge on any atom is 0.237 e. The van der Waals surface area contributed by atoms with Crippen LogP contribution in [0.15, 0.2) is 30.7 Å². The van der Waals surface area contributed by atoms with Crippen LogP contribution in [-0.2, 0) is 4.79 Å². The van der Waals surface area contributed by atoms with E-state index in [4.69, 9.17) is 11.5 Å². The molecular weight excluding hydrogens is 356 g/mol. The summed E-state index contributed by atoms with van der Waals surface area (Å²) in [5.74, 6) is -0.209. The summed E-state index contributed by atoms with van der Waals surface area (Å²) in [5, 5.41) is 14.7. The Balaban J connectivity index is 1.53. The van der Waals surface area contributed by atoms with Gasteiger partial charge in [0.15, 0.2) is 0 Å². The maximum atomic E-state index is 12.2. The van der Waals surface area contributed by atoms with Crippen LogP contribution in [0.4, 0.5) is 5.69 Å². The number of aromatic nitrogens is 2. The molecule has 152 valence electrons. The number of carbonyl (C=O) groups excluding carboxylic acids is 1. The smallest absolute Gasteiger partial charge is 0.237 e. The van der Waals surface area contributed by atoms with Gasteiger partial charge < -0.3 is 26.8 Å². The van der Waals surface area contributed by atoms with Crippen LogP contribution in [0.1, 0.15) is 32.1 Å². The Kier molecular flexibility index (Phi) is 6.77. The minimum atomic E-state index is -0.912. The van der Waals surface area contributed by atoms with E-state index in [-0.39, 0.29) is 12.5 Å². The molecule has 0 bridgehead atoms. The molecule has 0 unspecified atom stereocenters. The number of nitrogens with zero attached hydrogens (tertiary/aromatic N) is 3. The van der Waals surface area contributed by atoms with Crippen LogP contribution in [-0.4, -0.2) is 58.8 Å². The van der Waals surface area contributed by atoms with E-state index in [0.717, 1.165) is 29.4 Å². The lowest BCUT2D eigenvalue weighted by molar-refractivity contribution is -0.124. The molecule has 0 spiro atoms. The molecule has 1 saturated heterocycles. The topological polar surface area (TPSA) is 130 Å². The minimum Gasteiger partial charge on any atom is -0.388 e. The predicted octanol–water partition coefficient (Wildman–Crippen LogP) is 0.534. The Morgan fingerprint density at radius 1 is 1.29 bits per heavy atom. The third-order valence-electron chi connectivity index (χ3n) is 5.45. The van der Waals surface area contributed by atoms with Crippen molar-refractivity contribution in [1.82, 2.24) is 15.3 Å². The molecule has 1 amide bonds. The van der Waals surface area contributed by atoms with Crippen LogP contribution in [0, 0.1) is 0 Å². The molecule has 0 aromatic carbocycles. The number of carbonyl (C=O) groups is 1. The van der Waals surface area contributed by atoms with Crippen molar-refractivity contribution in [2.24, 2.45) is 11.5 Å². The number of nitrogens with two attached hydrogens (primary N) is 2. The molecule has 0 aliphatic carbocycles. The van der Waals surface area contributed by atoms with Crippen LogP contribution >= 0.6 is 0 Å². The van der Waals surface area contributed by atoms with Gasteiger partial charge in [0.2, 0.25) is 5.91 Å². The fraction of sp³-hybridized carbons (Fsp3) is 0.550. The second kappa shape index (κ2) is 9.27. The van der Waals surface area contributed by atoms with Crippen LogP contribution in [0.2, 0.25) is 0 Å². The number of anilines is 1. The summed E-state index contributed by atoms with van der Waals surface area (Å²) in [6.07, 6.45) is 8.80. The lowest BCUT2D eigenvalue weighted by atomic mass is 9.90. The van der Waals surface area contributed by atoms with Crippen molar-refractivity contribution >= 4 is 22.5 Å². The van der Waals surface area contributed by atoms with Gasteiger partial charge in [0, 0.05) is 49.3 Å². The van der Waals surface area contributed by atoms with E-state index < -0.39 is 11.6 Å². The third-order valence-corrected chi connectivity index (χ3v) is 5.45. The molecule has 2 aromatic heterocycles. The van der Waals surface area contributed by atoms with Gasteiger partial charge in [-0.2, -0.15) is 0 Å². The summed E-state index contributed by atoms with van der Waals surface area (Å²) in [5.41, 5.74) is 12.4. The summed E-state index contributed by atoms with van der Waals surface area (Å²) in [4.78, 5) is 23.0. The van der Waals surface area contributed by atoms with Crippen LogP contribution in [0.3, 0.4) is 0 Å². The normalized spacial score (nSPS) is 17.5. The van der Waals surface area contributed by atoms with Gasteiger partial charge in [-0.15, -0.1) is 0 Å². The molecule has 1 aliphatic rings. The average molecular weight is 387 g/mol. The summed E-state index contributed by atoms with van der Waals surface area (Å²) in [6, 6.07) is 3.33. The van der Waals surface area contributed by atoms with Crippen molar-refractivity contribution < 1.29 is 9.90 Å². The van der Waals surface area contributed by atoms with Crippen LogP contribution in [0.5, 0.6) is 0 Å². The second-order valence-electron chi connectivity index (χ2n) is 7.54. The first-order chi connectivity index (χ1) is 13.5. The Morgan fingerprint density at radius 3 is 2.82 bits per heavy atom. The number of amides is 1. The molecule has 6 N–H and O–H groups in total. The molecule has 8 nitrogen and oxygen atoms in total. The fourth-order valence-corrected chi connectivity index (χ4v) is 3.61. The molecular formula is C20H30N6O2. The van der Waals surface area contributed by atoms with E-state index in [0.29, 0.717) is 38.9 Å². The van der Waals surface area contributed by atoms with E-state index in [1.54, 1.807) is 12.4 Å². The van der Waals surface area contributed by atoms with Crippen molar-refractivity contribution in [3.05, 3.63) is 30.7 Å². The van der Waals surface area contributed by atoms with Crippen LogP contribution < -0.4 is 21.7 Å². The molecule has 3 rings (SSSR count). The van der Waals surface area contributed by atoms with Gasteiger partial charge in [-0.1, -0.05) is 6.42 Å². The summed E-state index contributed by atoms with van der Waals surface area (Å²) >= 11 is 0. The van der Waals surface area contributed by atoms with Gasteiger partial charge in [-0.25, -0.2) is 0 Å². The first-order valence-electron chi connectivity index (χ1n) is 9.92. The van der Waals surface area contributed by atoms with Crippen molar-refractivity contribution in [3.63, 3.8) is 0 Å². The number of fused-ring (bicyclic) bond motifs is 1. The number of pyridine rings is 2. The first-order valence-corrected chi connectivity index (χ1v) is 9.92. The number of hydrogen-bond donors (Lipinski definition) is 4. The van der Waals surface area contributed by atoms with Crippen molar-refractivity contribution in [2.75, 3.05) is 31.1 Å². The van der Waals surface area contributed by atoms with E-state index >= 15 is 0 Å². The zero-order valence-electron chi connectivity index (χ0n) is 16.2.